The predicted molar refractivity (Wildman–Crippen MR) is 109 cm³/mol. The van der Waals surface area contributed by atoms with E-state index in [-0.39, 0.29) is 30.4 Å². The summed E-state index contributed by atoms with van der Waals surface area (Å²) in [5.41, 5.74) is 3.02. The maximum Gasteiger partial charge on any atom is 0.231 e. The Morgan fingerprint density at radius 2 is 1.69 bits per heavy atom. The van der Waals surface area contributed by atoms with Gasteiger partial charge in [0.2, 0.25) is 18.6 Å². The average Bonchev–Trinajstić information content (AvgIpc) is 3.40. The van der Waals surface area contributed by atoms with Gasteiger partial charge < -0.3 is 19.7 Å². The monoisotopic (exact) mass is 392 g/mol. The molecule has 3 aliphatic rings. The number of hydrogen-bond acceptors (Lipinski definition) is 4. The topological polar surface area (TPSA) is 67.9 Å². The number of anilines is 2. The molecule has 0 saturated heterocycles. The minimum absolute atomic E-state index is 0.00995. The van der Waals surface area contributed by atoms with E-state index in [1.807, 2.05) is 29.2 Å². The van der Waals surface area contributed by atoms with Crippen LogP contribution >= 0.6 is 0 Å². The zero-order valence-corrected chi connectivity index (χ0v) is 16.2. The van der Waals surface area contributed by atoms with Gasteiger partial charge in [-0.3, -0.25) is 9.59 Å². The first kappa shape index (κ1) is 18.0. The number of carbonyl (C=O) groups excluding carboxylic acids is 2. The van der Waals surface area contributed by atoms with Gasteiger partial charge in [0, 0.05) is 35.8 Å². The Balaban J connectivity index is 1.17. The number of ether oxygens (including phenoxy) is 2. The molecule has 2 aliphatic heterocycles. The van der Waals surface area contributed by atoms with Crippen LogP contribution in [0.5, 0.6) is 11.5 Å². The predicted octanol–water partition coefficient (Wildman–Crippen LogP) is 3.75. The van der Waals surface area contributed by atoms with Crippen LogP contribution in [0, 0.1) is 11.8 Å². The minimum atomic E-state index is -0.0599. The van der Waals surface area contributed by atoms with Gasteiger partial charge in [-0.2, -0.15) is 0 Å². The van der Waals surface area contributed by atoms with Crippen molar-refractivity contribution in [2.24, 2.45) is 11.8 Å². The molecule has 2 aromatic carbocycles. The first-order valence-electron chi connectivity index (χ1n) is 10.3. The van der Waals surface area contributed by atoms with Gasteiger partial charge in [-0.1, -0.05) is 18.2 Å². The molecule has 5 rings (SSSR count). The molecule has 1 N–H and O–H groups in total. The van der Waals surface area contributed by atoms with E-state index in [1.54, 1.807) is 12.1 Å². The molecule has 150 valence electrons. The molecular formula is C23H24N2O4. The molecule has 1 saturated carbocycles. The van der Waals surface area contributed by atoms with Crippen molar-refractivity contribution in [2.45, 2.75) is 32.1 Å². The largest absolute Gasteiger partial charge is 0.454 e. The molecule has 0 radical (unpaired) electrons. The summed E-state index contributed by atoms with van der Waals surface area (Å²) in [6.07, 6.45) is 3.92. The molecule has 29 heavy (non-hydrogen) atoms. The highest BCUT2D eigenvalue weighted by atomic mass is 16.7. The fourth-order valence-corrected chi connectivity index (χ4v) is 4.61. The fourth-order valence-electron chi connectivity index (χ4n) is 4.61. The Labute approximate surface area is 169 Å². The Hall–Kier alpha value is -3.02. The van der Waals surface area contributed by atoms with Crippen LogP contribution in [0.15, 0.2) is 42.5 Å². The van der Waals surface area contributed by atoms with Crippen molar-refractivity contribution in [1.82, 2.24) is 0 Å². The molecule has 0 aromatic heterocycles. The van der Waals surface area contributed by atoms with E-state index in [9.17, 15) is 9.59 Å². The molecule has 2 heterocycles. The molecule has 2 aromatic rings. The lowest BCUT2D eigenvalue weighted by Crippen LogP contribution is -2.38. The summed E-state index contributed by atoms with van der Waals surface area (Å²) in [6, 6.07) is 13.6. The number of fused-ring (bicyclic) bond motifs is 2. The second-order valence-electron chi connectivity index (χ2n) is 7.97. The van der Waals surface area contributed by atoms with Gasteiger partial charge in [-0.25, -0.2) is 0 Å². The summed E-state index contributed by atoms with van der Waals surface area (Å²) in [5.74, 6) is 1.53. The summed E-state index contributed by atoms with van der Waals surface area (Å²) >= 11 is 0. The summed E-state index contributed by atoms with van der Waals surface area (Å²) < 4.78 is 10.7. The molecule has 1 aliphatic carbocycles. The van der Waals surface area contributed by atoms with Crippen molar-refractivity contribution in [3.63, 3.8) is 0 Å². The molecule has 0 spiro atoms. The number of hydrogen-bond donors (Lipinski definition) is 1. The second kappa shape index (κ2) is 7.43. The minimum Gasteiger partial charge on any atom is -0.454 e. The maximum atomic E-state index is 13.0. The third-order valence-corrected chi connectivity index (χ3v) is 6.24. The van der Waals surface area contributed by atoms with Gasteiger partial charge >= 0.3 is 0 Å². The van der Waals surface area contributed by atoms with Crippen LogP contribution in [0.2, 0.25) is 0 Å². The van der Waals surface area contributed by atoms with Gasteiger partial charge in [-0.15, -0.1) is 0 Å². The molecule has 1 fully saturated rings. The Morgan fingerprint density at radius 1 is 0.931 bits per heavy atom. The molecule has 0 unspecified atom stereocenters. The van der Waals surface area contributed by atoms with Crippen LogP contribution in [-0.2, 0) is 16.0 Å². The van der Waals surface area contributed by atoms with Crippen molar-refractivity contribution in [3.8, 4) is 11.5 Å². The smallest absolute Gasteiger partial charge is 0.231 e. The zero-order chi connectivity index (χ0) is 19.8. The number of para-hydroxylation sites is 1. The molecule has 6 heteroatoms. The molecule has 0 atom stereocenters. The first-order valence-corrected chi connectivity index (χ1v) is 10.3. The number of nitrogens with one attached hydrogen (secondary N) is 1. The van der Waals surface area contributed by atoms with E-state index in [0.717, 1.165) is 44.3 Å². The highest BCUT2D eigenvalue weighted by molar-refractivity contribution is 5.97. The standard InChI is InChI=1S/C23H24N2O4/c26-22(24-18-9-10-20-21(13-18)29-14-28-20)16-5-7-17(8-6-16)23(27)25-12-11-15-3-1-2-4-19(15)25/h1-4,9-10,13,16-17H,5-8,11-12,14H2,(H,24,26). The maximum absolute atomic E-state index is 13.0. The quantitative estimate of drug-likeness (QED) is 0.864. The Bertz CT molecular complexity index is 950. The van der Waals surface area contributed by atoms with Crippen LogP contribution < -0.4 is 19.7 Å². The van der Waals surface area contributed by atoms with E-state index in [0.29, 0.717) is 17.2 Å². The summed E-state index contributed by atoms with van der Waals surface area (Å²) in [5, 5.41) is 2.98. The van der Waals surface area contributed by atoms with Crippen LogP contribution in [0.4, 0.5) is 11.4 Å². The van der Waals surface area contributed by atoms with E-state index in [1.165, 1.54) is 5.56 Å². The van der Waals surface area contributed by atoms with Gasteiger partial charge in [0.25, 0.3) is 0 Å². The van der Waals surface area contributed by atoms with Crippen molar-refractivity contribution in [3.05, 3.63) is 48.0 Å². The molecular weight excluding hydrogens is 368 g/mol. The van der Waals surface area contributed by atoms with Crippen LogP contribution in [0.3, 0.4) is 0 Å². The highest BCUT2D eigenvalue weighted by Crippen LogP contribution is 2.36. The van der Waals surface area contributed by atoms with Crippen LogP contribution in [0.1, 0.15) is 31.2 Å². The SMILES string of the molecule is O=C(Nc1ccc2c(c1)OCO2)C1CCC(C(=O)N2CCc3ccccc32)CC1. The Kier molecular flexibility index (Phi) is 4.62. The summed E-state index contributed by atoms with van der Waals surface area (Å²) in [7, 11) is 0. The molecule has 0 bridgehead atoms. The van der Waals surface area contributed by atoms with Gasteiger partial charge in [0.15, 0.2) is 11.5 Å². The number of amides is 2. The normalized spacial score (nSPS) is 22.3. The lowest BCUT2D eigenvalue weighted by molar-refractivity contribution is -0.126. The third kappa shape index (κ3) is 3.43. The zero-order valence-electron chi connectivity index (χ0n) is 16.2. The summed E-state index contributed by atoms with van der Waals surface area (Å²) in [6.45, 7) is 0.981. The Morgan fingerprint density at radius 3 is 2.55 bits per heavy atom. The van der Waals surface area contributed by atoms with E-state index in [2.05, 4.69) is 11.4 Å². The second-order valence-corrected chi connectivity index (χ2v) is 7.97. The number of rotatable bonds is 3. The van der Waals surface area contributed by atoms with Crippen molar-refractivity contribution >= 4 is 23.2 Å². The number of carbonyl (C=O) groups is 2. The lowest BCUT2D eigenvalue weighted by Gasteiger charge is -2.30. The molecule has 2 amide bonds. The third-order valence-electron chi connectivity index (χ3n) is 6.24. The van der Waals surface area contributed by atoms with Crippen molar-refractivity contribution in [2.75, 3.05) is 23.6 Å². The first-order chi connectivity index (χ1) is 14.2. The lowest BCUT2D eigenvalue weighted by atomic mass is 9.81. The fraction of sp³-hybridized carbons (Fsp3) is 0.391. The van der Waals surface area contributed by atoms with Gasteiger partial charge in [-0.05, 0) is 55.9 Å². The average molecular weight is 392 g/mol. The summed E-state index contributed by atoms with van der Waals surface area (Å²) in [4.78, 5) is 27.7. The van der Waals surface area contributed by atoms with E-state index < -0.39 is 0 Å². The van der Waals surface area contributed by atoms with E-state index in [4.69, 9.17) is 9.47 Å². The van der Waals surface area contributed by atoms with Crippen LogP contribution in [0.25, 0.3) is 0 Å². The molecule has 6 nitrogen and oxygen atoms in total. The van der Waals surface area contributed by atoms with Crippen molar-refractivity contribution in [1.29, 1.82) is 0 Å². The van der Waals surface area contributed by atoms with Gasteiger partial charge in [0.05, 0.1) is 0 Å². The van der Waals surface area contributed by atoms with Crippen molar-refractivity contribution < 1.29 is 19.1 Å². The number of benzene rings is 2. The van der Waals surface area contributed by atoms with Crippen LogP contribution in [-0.4, -0.2) is 25.2 Å². The highest BCUT2D eigenvalue weighted by Gasteiger charge is 2.34. The van der Waals surface area contributed by atoms with Gasteiger partial charge in [0.1, 0.15) is 0 Å². The number of nitrogens with zero attached hydrogens (tertiary/aromatic N) is 1. The van der Waals surface area contributed by atoms with E-state index >= 15 is 0 Å².